The highest BCUT2D eigenvalue weighted by atomic mass is 16.5. The van der Waals surface area contributed by atoms with Crippen molar-refractivity contribution in [1.82, 2.24) is 25.6 Å². The van der Waals surface area contributed by atoms with Crippen molar-refractivity contribution in [2.24, 2.45) is 17.3 Å². The normalized spacial score (nSPS) is 26.7. The number of hydrazine groups is 1. The van der Waals surface area contributed by atoms with E-state index in [4.69, 9.17) is 9.72 Å². The summed E-state index contributed by atoms with van der Waals surface area (Å²) in [5.74, 6) is -2.73. The number of ketones is 1. The van der Waals surface area contributed by atoms with Gasteiger partial charge in [-0.15, -0.1) is 0 Å². The molecule has 1 unspecified atom stereocenters. The molecule has 2 fully saturated rings. The number of rotatable bonds is 3. The van der Waals surface area contributed by atoms with Crippen molar-refractivity contribution in [3.63, 3.8) is 0 Å². The number of nitrogens with zero attached hydrogens (tertiary/aromatic N) is 3. The zero-order valence-corrected chi connectivity index (χ0v) is 28.8. The first-order valence-corrected chi connectivity index (χ1v) is 17.3. The number of esters is 1. The number of ether oxygens (including phenoxy) is 1. The molecule has 0 aliphatic carbocycles. The maximum absolute atomic E-state index is 14.1. The Labute approximate surface area is 282 Å². The van der Waals surface area contributed by atoms with Crippen molar-refractivity contribution < 1.29 is 28.7 Å². The molecule has 0 radical (unpaired) electrons. The van der Waals surface area contributed by atoms with Crippen LogP contribution in [0.2, 0.25) is 0 Å². The van der Waals surface area contributed by atoms with Gasteiger partial charge in [0.25, 0.3) is 5.91 Å². The smallest absolute Gasteiger partial charge is 0.325 e. The molecule has 5 bridgehead atoms. The molecule has 2 N–H and O–H groups in total. The third-order valence-corrected chi connectivity index (χ3v) is 9.84. The number of cyclic esters (lactones) is 1. The fourth-order valence-corrected chi connectivity index (χ4v) is 6.52. The van der Waals surface area contributed by atoms with Crippen LogP contribution in [-0.4, -0.2) is 76.1 Å². The van der Waals surface area contributed by atoms with E-state index in [9.17, 15) is 24.0 Å². The van der Waals surface area contributed by atoms with Crippen LogP contribution in [0.5, 0.6) is 0 Å². The second-order valence-corrected chi connectivity index (χ2v) is 14.3. The van der Waals surface area contributed by atoms with Crippen molar-refractivity contribution >= 4 is 46.5 Å². The minimum Gasteiger partial charge on any atom is -0.455 e. The summed E-state index contributed by atoms with van der Waals surface area (Å²) in [6.45, 7) is 10.7. The third kappa shape index (κ3) is 8.29. The molecule has 0 spiro atoms. The van der Waals surface area contributed by atoms with Gasteiger partial charge in [0, 0.05) is 42.8 Å². The van der Waals surface area contributed by atoms with Crippen LogP contribution < -0.4 is 10.7 Å². The Kier molecular flexibility index (Phi) is 11.0. The fourth-order valence-electron chi connectivity index (χ4n) is 6.52. The molecule has 2 aromatic rings. The van der Waals surface area contributed by atoms with E-state index in [0.29, 0.717) is 38.2 Å². The van der Waals surface area contributed by atoms with Crippen LogP contribution in [0.15, 0.2) is 36.4 Å². The molecule has 4 atom stereocenters. The Bertz CT molecular complexity index is 1580. The molecule has 48 heavy (non-hydrogen) atoms. The molecule has 1 aromatic carbocycles. The molecule has 0 saturated carbocycles. The van der Waals surface area contributed by atoms with E-state index in [1.54, 1.807) is 11.8 Å². The lowest BCUT2D eigenvalue weighted by molar-refractivity contribution is -0.158. The number of carbonyl (C=O) groups is 5. The van der Waals surface area contributed by atoms with Gasteiger partial charge in [-0.3, -0.25) is 29.0 Å². The number of aromatic nitrogens is 1. The van der Waals surface area contributed by atoms with Gasteiger partial charge in [-0.1, -0.05) is 44.2 Å². The Morgan fingerprint density at radius 2 is 1.75 bits per heavy atom. The number of likely N-dealkylation sites (tertiary alicyclic amines) is 1. The maximum atomic E-state index is 14.1. The Morgan fingerprint density at radius 1 is 1.02 bits per heavy atom. The van der Waals surface area contributed by atoms with Gasteiger partial charge in [-0.25, -0.2) is 10.4 Å². The average molecular weight is 660 g/mol. The van der Waals surface area contributed by atoms with Gasteiger partial charge in [0.05, 0.1) is 17.6 Å². The number of amides is 3. The molecule has 1 aromatic heterocycles. The molecule has 3 aliphatic rings. The predicted molar refractivity (Wildman–Crippen MR) is 182 cm³/mol. The third-order valence-electron chi connectivity index (χ3n) is 9.84. The summed E-state index contributed by atoms with van der Waals surface area (Å²) in [7, 11) is 0. The van der Waals surface area contributed by atoms with E-state index in [1.807, 2.05) is 70.2 Å². The van der Waals surface area contributed by atoms with E-state index < -0.39 is 47.3 Å². The second kappa shape index (κ2) is 15.0. The molecule has 3 amide bonds. The summed E-state index contributed by atoms with van der Waals surface area (Å²) in [6, 6.07) is 7.62. The zero-order chi connectivity index (χ0) is 34.6. The van der Waals surface area contributed by atoms with Gasteiger partial charge in [-0.2, -0.15) is 0 Å². The maximum Gasteiger partial charge on any atom is 0.325 e. The predicted octanol–water partition coefficient (Wildman–Crippen LogP) is 4.51. The standard InChI is InChI=1S/C37H49N5O6/c1-23(2)27-21-32(43)37(4,5)16-15-25-11-12-26-13-14-28(38-30(26)20-25)24(3)48-36(47)29-10-9-19-42(40-29)35(46)31(39-34(27)45)22-33(44)41-17-7-6-8-18-41/h11-16,20,23-24,27,29,31,40H,6-10,17-19,21-22H2,1-5H3,(H,39,45)/b16-15+/t24-,27+,29?,31+/m1/s1. The fraction of sp³-hybridized carbons (Fsp3) is 0.568. The first kappa shape index (κ1) is 35.2. The summed E-state index contributed by atoms with van der Waals surface area (Å²) >= 11 is 0. The van der Waals surface area contributed by atoms with Crippen molar-refractivity contribution in [2.75, 3.05) is 19.6 Å². The van der Waals surface area contributed by atoms with E-state index in [1.165, 1.54) is 5.01 Å². The van der Waals surface area contributed by atoms with E-state index in [-0.39, 0.29) is 30.4 Å². The first-order chi connectivity index (χ1) is 22.8. The monoisotopic (exact) mass is 659 g/mol. The summed E-state index contributed by atoms with van der Waals surface area (Å²) < 4.78 is 5.84. The van der Waals surface area contributed by atoms with Gasteiger partial charge in [0.1, 0.15) is 24.0 Å². The lowest BCUT2D eigenvalue weighted by Gasteiger charge is -2.36. The molecule has 11 heteroatoms. The largest absolute Gasteiger partial charge is 0.455 e. The quantitative estimate of drug-likeness (QED) is 0.460. The van der Waals surface area contributed by atoms with Crippen molar-refractivity contribution in [3.8, 4) is 0 Å². The number of Topliss-reactive ketones (excluding diaryl/α,β-unsaturated/α-hetero) is 1. The van der Waals surface area contributed by atoms with Gasteiger partial charge in [-0.05, 0) is 76.5 Å². The Morgan fingerprint density at radius 3 is 2.48 bits per heavy atom. The number of benzene rings is 1. The SMILES string of the molecule is CC(C)[C@@H]1CC(=O)C(C)(C)/C=C/c2ccc3ccc(nc3c2)[C@@H](C)OC(=O)C2CCCN(N2)C(=O)[C@H](CC(=O)N2CCCCC2)NC1=O. The topological polar surface area (TPSA) is 138 Å². The summed E-state index contributed by atoms with van der Waals surface area (Å²) in [5.41, 5.74) is 4.30. The molecule has 11 nitrogen and oxygen atoms in total. The minimum absolute atomic E-state index is 0.0295. The minimum atomic E-state index is -1.17. The van der Waals surface area contributed by atoms with Crippen LogP contribution in [0.25, 0.3) is 17.0 Å². The molecule has 3 aliphatic heterocycles. The second-order valence-electron chi connectivity index (χ2n) is 14.3. The zero-order valence-electron chi connectivity index (χ0n) is 28.8. The van der Waals surface area contributed by atoms with Gasteiger partial charge in [0.2, 0.25) is 11.8 Å². The van der Waals surface area contributed by atoms with Crippen LogP contribution in [0.1, 0.15) is 96.9 Å². The molecule has 258 valence electrons. The van der Waals surface area contributed by atoms with Gasteiger partial charge < -0.3 is 15.0 Å². The van der Waals surface area contributed by atoms with Crippen molar-refractivity contribution in [1.29, 1.82) is 0 Å². The lowest BCUT2D eigenvalue weighted by Crippen LogP contribution is -2.61. The molecule has 5 rings (SSSR count). The molecule has 2 saturated heterocycles. The number of fused-ring (bicyclic) bond motifs is 4. The number of hydrogen-bond donors (Lipinski definition) is 2. The Hall–Kier alpha value is -4.12. The number of allylic oxidation sites excluding steroid dienone is 1. The highest BCUT2D eigenvalue weighted by Crippen LogP contribution is 2.29. The Balaban J connectivity index is 1.49. The van der Waals surface area contributed by atoms with Crippen LogP contribution >= 0.6 is 0 Å². The molecular formula is C37H49N5O6. The van der Waals surface area contributed by atoms with Crippen molar-refractivity contribution in [2.45, 2.75) is 97.8 Å². The number of nitrogens with one attached hydrogen (secondary N) is 2. The summed E-state index contributed by atoms with van der Waals surface area (Å²) in [5, 5.41) is 5.12. The number of piperidine rings is 1. The van der Waals surface area contributed by atoms with E-state index >= 15 is 0 Å². The number of carbonyl (C=O) groups excluding carboxylic acids is 5. The van der Waals surface area contributed by atoms with Gasteiger partial charge in [0.15, 0.2) is 0 Å². The molecular weight excluding hydrogens is 610 g/mol. The first-order valence-electron chi connectivity index (χ1n) is 17.3. The van der Waals surface area contributed by atoms with Gasteiger partial charge >= 0.3 is 5.97 Å². The highest BCUT2D eigenvalue weighted by Gasteiger charge is 2.38. The highest BCUT2D eigenvalue weighted by molar-refractivity contribution is 5.95. The van der Waals surface area contributed by atoms with Crippen LogP contribution in [-0.2, 0) is 28.7 Å². The number of hydrogen-bond acceptors (Lipinski definition) is 8. The summed E-state index contributed by atoms with van der Waals surface area (Å²) in [4.78, 5) is 75.0. The molecule has 4 heterocycles. The van der Waals surface area contributed by atoms with Crippen LogP contribution in [0, 0.1) is 17.3 Å². The van der Waals surface area contributed by atoms with Crippen LogP contribution in [0.3, 0.4) is 0 Å². The van der Waals surface area contributed by atoms with Crippen LogP contribution in [0.4, 0.5) is 0 Å². The van der Waals surface area contributed by atoms with Crippen molar-refractivity contribution in [3.05, 3.63) is 47.7 Å². The number of pyridine rings is 1. The van der Waals surface area contributed by atoms with E-state index in [2.05, 4.69) is 10.7 Å². The van der Waals surface area contributed by atoms with E-state index in [0.717, 1.165) is 35.7 Å². The summed E-state index contributed by atoms with van der Waals surface area (Å²) in [6.07, 6.45) is 6.63. The average Bonchev–Trinajstić information content (AvgIpc) is 3.08. The lowest BCUT2D eigenvalue weighted by atomic mass is 9.79.